The first kappa shape index (κ1) is 18.2. The van der Waals surface area contributed by atoms with Gasteiger partial charge in [0.05, 0.1) is 18.8 Å². The van der Waals surface area contributed by atoms with Crippen molar-refractivity contribution >= 4 is 0 Å². The molecular formula is C17H31NO3. The fourth-order valence-corrected chi connectivity index (χ4v) is 1.77. The molecule has 0 bridgehead atoms. The van der Waals surface area contributed by atoms with Crippen LogP contribution in [0.1, 0.15) is 58.1 Å². The van der Waals surface area contributed by atoms with Gasteiger partial charge in [0.2, 0.25) is 0 Å². The highest BCUT2D eigenvalue weighted by atomic mass is 16.5. The lowest BCUT2D eigenvalue weighted by atomic mass is 10.1. The van der Waals surface area contributed by atoms with Crippen LogP contribution in [0.2, 0.25) is 0 Å². The molecule has 1 N–H and O–H groups in total. The normalized spacial score (nSPS) is 12.9. The number of hydrogen-bond acceptors (Lipinski definition) is 4. The van der Waals surface area contributed by atoms with Crippen molar-refractivity contribution in [3.63, 3.8) is 0 Å². The number of furan rings is 1. The van der Waals surface area contributed by atoms with Gasteiger partial charge < -0.3 is 19.2 Å². The molecule has 0 aliphatic heterocycles. The standard InChI is InChI=1S/C17H31NO3/c1-13-14(12-20-9-8-17(5,6)19-7)10-15(21-13)11-18-16(2,3)4/h10,18H,8-9,11-12H2,1-7H3. The van der Waals surface area contributed by atoms with Crippen LogP contribution in [0, 0.1) is 6.92 Å². The Bertz CT molecular complexity index is 430. The van der Waals surface area contributed by atoms with Gasteiger partial charge in [-0.1, -0.05) is 0 Å². The van der Waals surface area contributed by atoms with Crippen molar-refractivity contribution in [2.45, 2.75) is 72.3 Å². The van der Waals surface area contributed by atoms with E-state index < -0.39 is 0 Å². The molecule has 122 valence electrons. The highest BCUT2D eigenvalue weighted by Gasteiger charge is 2.16. The summed E-state index contributed by atoms with van der Waals surface area (Å²) in [7, 11) is 1.73. The Labute approximate surface area is 129 Å². The molecule has 0 aliphatic carbocycles. The molecule has 0 fully saturated rings. The molecule has 1 aromatic rings. The summed E-state index contributed by atoms with van der Waals surface area (Å²) in [5.41, 5.74) is 1.08. The predicted octanol–water partition coefficient (Wildman–Crippen LogP) is 3.81. The van der Waals surface area contributed by atoms with E-state index >= 15 is 0 Å². The van der Waals surface area contributed by atoms with E-state index in [1.807, 2.05) is 6.92 Å². The molecule has 0 radical (unpaired) electrons. The molecule has 1 rings (SSSR count). The lowest BCUT2D eigenvalue weighted by Crippen LogP contribution is -2.34. The largest absolute Gasteiger partial charge is 0.465 e. The van der Waals surface area contributed by atoms with Crippen LogP contribution in [0.5, 0.6) is 0 Å². The summed E-state index contributed by atoms with van der Waals surface area (Å²) in [6.45, 7) is 14.6. The second-order valence-electron chi connectivity index (χ2n) is 7.16. The zero-order valence-electron chi connectivity index (χ0n) is 14.6. The smallest absolute Gasteiger partial charge is 0.118 e. The summed E-state index contributed by atoms with van der Waals surface area (Å²) in [6.07, 6.45) is 0.874. The van der Waals surface area contributed by atoms with E-state index in [9.17, 15) is 0 Å². The Balaban J connectivity index is 2.41. The molecule has 21 heavy (non-hydrogen) atoms. The van der Waals surface area contributed by atoms with E-state index in [0.29, 0.717) is 13.2 Å². The monoisotopic (exact) mass is 297 g/mol. The van der Waals surface area contributed by atoms with Gasteiger partial charge in [0, 0.05) is 24.8 Å². The molecule has 0 saturated heterocycles. The molecule has 0 saturated carbocycles. The van der Waals surface area contributed by atoms with E-state index in [1.165, 1.54) is 0 Å². The molecule has 0 aromatic carbocycles. The quantitative estimate of drug-likeness (QED) is 0.741. The molecule has 0 aliphatic rings. The summed E-state index contributed by atoms with van der Waals surface area (Å²) in [5, 5.41) is 3.42. The second-order valence-corrected chi connectivity index (χ2v) is 7.16. The van der Waals surface area contributed by atoms with Crippen LogP contribution in [-0.4, -0.2) is 24.9 Å². The van der Waals surface area contributed by atoms with Crippen LogP contribution >= 0.6 is 0 Å². The number of nitrogens with one attached hydrogen (secondary N) is 1. The van der Waals surface area contributed by atoms with Crippen molar-refractivity contribution in [3.05, 3.63) is 23.2 Å². The maximum absolute atomic E-state index is 5.76. The lowest BCUT2D eigenvalue weighted by molar-refractivity contribution is -0.0125. The molecule has 1 heterocycles. The van der Waals surface area contributed by atoms with E-state index in [4.69, 9.17) is 13.9 Å². The SMILES string of the molecule is COC(C)(C)CCOCc1cc(CNC(C)(C)C)oc1C. The highest BCUT2D eigenvalue weighted by molar-refractivity contribution is 5.20. The molecule has 4 nitrogen and oxygen atoms in total. The Morgan fingerprint density at radius 3 is 2.43 bits per heavy atom. The average molecular weight is 297 g/mol. The van der Waals surface area contributed by atoms with Crippen LogP contribution in [-0.2, 0) is 22.6 Å². The van der Waals surface area contributed by atoms with Crippen molar-refractivity contribution in [1.29, 1.82) is 0 Å². The van der Waals surface area contributed by atoms with Crippen LogP contribution in [0.15, 0.2) is 10.5 Å². The van der Waals surface area contributed by atoms with Crippen molar-refractivity contribution in [3.8, 4) is 0 Å². The van der Waals surface area contributed by atoms with Gasteiger partial charge in [-0.05, 0) is 54.0 Å². The molecule has 0 unspecified atom stereocenters. The Morgan fingerprint density at radius 2 is 1.86 bits per heavy atom. The number of hydrogen-bond donors (Lipinski definition) is 1. The lowest BCUT2D eigenvalue weighted by Gasteiger charge is -2.22. The van der Waals surface area contributed by atoms with Crippen molar-refractivity contribution in [2.24, 2.45) is 0 Å². The molecule has 1 aromatic heterocycles. The number of ether oxygens (including phenoxy) is 2. The topological polar surface area (TPSA) is 43.6 Å². The average Bonchev–Trinajstić information content (AvgIpc) is 2.72. The first-order chi connectivity index (χ1) is 9.63. The zero-order chi connectivity index (χ0) is 16.1. The number of rotatable bonds is 8. The number of aryl methyl sites for hydroxylation is 1. The second kappa shape index (κ2) is 7.43. The first-order valence-electron chi connectivity index (χ1n) is 7.59. The fraction of sp³-hybridized carbons (Fsp3) is 0.765. The predicted molar refractivity (Wildman–Crippen MR) is 85.4 cm³/mol. The van der Waals surface area contributed by atoms with Crippen LogP contribution < -0.4 is 5.32 Å². The van der Waals surface area contributed by atoms with Crippen molar-refractivity contribution in [1.82, 2.24) is 5.32 Å². The van der Waals surface area contributed by atoms with Crippen LogP contribution in [0.4, 0.5) is 0 Å². The summed E-state index contributed by atoms with van der Waals surface area (Å²) in [4.78, 5) is 0. The van der Waals surface area contributed by atoms with Gasteiger partial charge in [0.25, 0.3) is 0 Å². The maximum atomic E-state index is 5.76. The molecule has 4 heteroatoms. The van der Waals surface area contributed by atoms with E-state index in [0.717, 1.165) is 30.0 Å². The summed E-state index contributed by atoms with van der Waals surface area (Å²) < 4.78 is 16.9. The highest BCUT2D eigenvalue weighted by Crippen LogP contribution is 2.18. The first-order valence-corrected chi connectivity index (χ1v) is 7.59. The summed E-state index contributed by atoms with van der Waals surface area (Å²) in [5.74, 6) is 1.89. The summed E-state index contributed by atoms with van der Waals surface area (Å²) >= 11 is 0. The fourth-order valence-electron chi connectivity index (χ4n) is 1.77. The molecule has 0 spiro atoms. The van der Waals surface area contributed by atoms with Crippen LogP contribution in [0.25, 0.3) is 0 Å². The Kier molecular flexibility index (Phi) is 6.44. The van der Waals surface area contributed by atoms with Crippen LogP contribution in [0.3, 0.4) is 0 Å². The van der Waals surface area contributed by atoms with Gasteiger partial charge in [-0.3, -0.25) is 0 Å². The third kappa shape index (κ3) is 7.11. The van der Waals surface area contributed by atoms with E-state index in [2.05, 4.69) is 46.0 Å². The van der Waals surface area contributed by atoms with Gasteiger partial charge in [-0.15, -0.1) is 0 Å². The van der Waals surface area contributed by atoms with Gasteiger partial charge in [0.1, 0.15) is 11.5 Å². The minimum absolute atomic E-state index is 0.0864. The number of methoxy groups -OCH3 is 1. The zero-order valence-corrected chi connectivity index (χ0v) is 14.6. The molecule has 0 amide bonds. The Hall–Kier alpha value is -0.840. The van der Waals surface area contributed by atoms with Gasteiger partial charge in [-0.2, -0.15) is 0 Å². The third-order valence-electron chi connectivity index (χ3n) is 3.52. The minimum Gasteiger partial charge on any atom is -0.465 e. The maximum Gasteiger partial charge on any atom is 0.118 e. The Morgan fingerprint density at radius 1 is 1.19 bits per heavy atom. The minimum atomic E-state index is -0.132. The third-order valence-corrected chi connectivity index (χ3v) is 3.52. The van der Waals surface area contributed by atoms with Crippen molar-refractivity contribution < 1.29 is 13.9 Å². The van der Waals surface area contributed by atoms with Gasteiger partial charge in [0.15, 0.2) is 0 Å². The van der Waals surface area contributed by atoms with E-state index in [-0.39, 0.29) is 11.1 Å². The van der Waals surface area contributed by atoms with Gasteiger partial charge in [-0.25, -0.2) is 0 Å². The molecular weight excluding hydrogens is 266 g/mol. The van der Waals surface area contributed by atoms with E-state index in [1.54, 1.807) is 7.11 Å². The summed E-state index contributed by atoms with van der Waals surface area (Å²) in [6, 6.07) is 2.08. The van der Waals surface area contributed by atoms with Gasteiger partial charge >= 0.3 is 0 Å². The molecule has 0 atom stereocenters. The van der Waals surface area contributed by atoms with Crippen molar-refractivity contribution in [2.75, 3.05) is 13.7 Å².